The molecule has 0 aromatic carbocycles. The lowest BCUT2D eigenvalue weighted by Gasteiger charge is -2.12. The Labute approximate surface area is 63.3 Å². The maximum absolute atomic E-state index is 5.73. The van der Waals surface area contributed by atoms with Gasteiger partial charge in [-0.2, -0.15) is 0 Å². The lowest BCUT2D eigenvalue weighted by atomic mass is 11.0. The molecule has 0 aromatic heterocycles. The number of hydrogen-bond donors (Lipinski definition) is 0. The minimum absolute atomic E-state index is 0.0162. The third kappa shape index (κ3) is 4.90. The van der Waals surface area contributed by atoms with Crippen molar-refractivity contribution < 1.29 is 9.47 Å². The van der Waals surface area contributed by atoms with Crippen LogP contribution in [-0.2, 0) is 9.47 Å². The molecule has 0 amide bonds. The topological polar surface area (TPSA) is 18.5 Å². The number of methoxy groups -OCH3 is 2. The molecule has 1 unspecified atom stereocenters. The number of halogens is 1. The fourth-order valence-corrected chi connectivity index (χ4v) is 1.91. The molecule has 0 rings (SSSR count). The quantitative estimate of drug-likeness (QED) is 0.342. The maximum Gasteiger partial charge on any atom is 0.135 e. The molecule has 0 aliphatic carbocycles. The Morgan fingerprint density at radius 1 is 1.33 bits per heavy atom. The lowest BCUT2D eigenvalue weighted by molar-refractivity contribution is -0.0441. The number of ether oxygens (including phenoxy) is 2. The second-order valence-electron chi connectivity index (χ2n) is 1.92. The average molecular weight is 169 g/mol. The van der Waals surface area contributed by atoms with E-state index in [1.807, 2.05) is 6.92 Å². The summed E-state index contributed by atoms with van der Waals surface area (Å²) in [6.07, 6.45) is 0. The van der Waals surface area contributed by atoms with E-state index in [1.54, 1.807) is 14.2 Å². The first-order valence-electron chi connectivity index (χ1n) is 2.90. The second kappa shape index (κ2) is 5.23. The van der Waals surface area contributed by atoms with Crippen molar-refractivity contribution in [3.05, 3.63) is 0 Å². The van der Waals surface area contributed by atoms with Gasteiger partial charge in [0.15, 0.2) is 0 Å². The molecule has 0 N–H and O–H groups in total. The van der Waals surface area contributed by atoms with Gasteiger partial charge in [-0.1, -0.05) is 6.92 Å². The van der Waals surface area contributed by atoms with Crippen LogP contribution in [0.4, 0.5) is 0 Å². The SMILES string of the molecule is COC(OC)[SiH2]C(C)Cl. The third-order valence-electron chi connectivity index (χ3n) is 1.04. The Morgan fingerprint density at radius 2 is 1.78 bits per heavy atom. The van der Waals surface area contributed by atoms with Crippen LogP contribution < -0.4 is 0 Å². The van der Waals surface area contributed by atoms with Gasteiger partial charge in [-0.3, -0.25) is 0 Å². The van der Waals surface area contributed by atoms with E-state index in [-0.39, 0.29) is 10.9 Å². The number of hydrogen-bond acceptors (Lipinski definition) is 2. The van der Waals surface area contributed by atoms with Crippen molar-refractivity contribution in [2.45, 2.75) is 17.8 Å². The summed E-state index contributed by atoms with van der Waals surface area (Å²) in [7, 11) is 2.86. The van der Waals surface area contributed by atoms with Gasteiger partial charge in [-0.15, -0.1) is 11.6 Å². The van der Waals surface area contributed by atoms with E-state index in [0.29, 0.717) is 0 Å². The van der Waals surface area contributed by atoms with Gasteiger partial charge in [0.05, 0.1) is 0 Å². The highest BCUT2D eigenvalue weighted by molar-refractivity contribution is 6.53. The van der Waals surface area contributed by atoms with E-state index in [2.05, 4.69) is 0 Å². The number of rotatable bonds is 4. The Kier molecular flexibility index (Phi) is 5.48. The average Bonchev–Trinajstić information content (AvgIpc) is 1.82. The molecule has 0 radical (unpaired) electrons. The summed E-state index contributed by atoms with van der Waals surface area (Å²) >= 11 is 5.73. The zero-order valence-corrected chi connectivity index (χ0v) is 8.23. The van der Waals surface area contributed by atoms with Gasteiger partial charge < -0.3 is 9.47 Å². The summed E-state index contributed by atoms with van der Waals surface area (Å²) < 4.78 is 9.93. The molecular weight excluding hydrogens is 156 g/mol. The lowest BCUT2D eigenvalue weighted by Crippen LogP contribution is -2.26. The third-order valence-corrected chi connectivity index (χ3v) is 3.28. The van der Waals surface area contributed by atoms with Crippen molar-refractivity contribution >= 4 is 21.1 Å². The Morgan fingerprint density at radius 3 is 1.89 bits per heavy atom. The van der Waals surface area contributed by atoms with Crippen LogP contribution in [0.15, 0.2) is 0 Å². The van der Waals surface area contributed by atoms with E-state index in [9.17, 15) is 0 Å². The Hall–Kier alpha value is 0.427. The summed E-state index contributed by atoms with van der Waals surface area (Å²) in [6, 6.07) is 0. The summed E-state index contributed by atoms with van der Waals surface area (Å²) in [6.45, 7) is 1.97. The van der Waals surface area contributed by atoms with Crippen molar-refractivity contribution in [3.63, 3.8) is 0 Å². The predicted molar refractivity (Wildman–Crippen MR) is 41.7 cm³/mol. The Bertz CT molecular complexity index is 66.0. The van der Waals surface area contributed by atoms with Crippen LogP contribution in [0.2, 0.25) is 0 Å². The highest BCUT2D eigenvalue weighted by atomic mass is 35.5. The fraction of sp³-hybridized carbons (Fsp3) is 1.00. The molecule has 0 aromatic rings. The van der Waals surface area contributed by atoms with Crippen molar-refractivity contribution in [1.29, 1.82) is 0 Å². The molecule has 0 aliphatic heterocycles. The second-order valence-corrected chi connectivity index (χ2v) is 5.54. The Balaban J connectivity index is 3.31. The molecular formula is C5H13ClO2Si. The van der Waals surface area contributed by atoms with Crippen molar-refractivity contribution in [3.8, 4) is 0 Å². The molecule has 56 valence electrons. The highest BCUT2D eigenvalue weighted by Gasteiger charge is 2.08. The molecule has 0 aliphatic rings. The standard InChI is InChI=1S/C5H13ClO2Si/c1-4(6)9-5(7-2)8-3/h4-5H,9H2,1-3H3. The van der Waals surface area contributed by atoms with Gasteiger partial charge >= 0.3 is 0 Å². The van der Waals surface area contributed by atoms with Crippen LogP contribution in [0.3, 0.4) is 0 Å². The van der Waals surface area contributed by atoms with Crippen LogP contribution in [-0.4, -0.2) is 34.7 Å². The maximum atomic E-state index is 5.73. The van der Waals surface area contributed by atoms with Gasteiger partial charge in [0.2, 0.25) is 0 Å². The van der Waals surface area contributed by atoms with Gasteiger partial charge in [0.1, 0.15) is 15.4 Å². The molecule has 0 bridgehead atoms. The zero-order valence-electron chi connectivity index (χ0n) is 6.06. The minimum Gasteiger partial charge on any atom is -0.360 e. The van der Waals surface area contributed by atoms with Crippen LogP contribution in [0.1, 0.15) is 6.92 Å². The minimum atomic E-state index is -0.419. The van der Waals surface area contributed by atoms with Crippen LogP contribution in [0, 0.1) is 0 Å². The largest absolute Gasteiger partial charge is 0.360 e. The monoisotopic (exact) mass is 168 g/mol. The van der Waals surface area contributed by atoms with Crippen molar-refractivity contribution in [1.82, 2.24) is 0 Å². The zero-order chi connectivity index (χ0) is 7.28. The van der Waals surface area contributed by atoms with Crippen LogP contribution in [0.5, 0.6) is 0 Å². The number of alkyl halides is 1. The molecule has 4 heteroatoms. The first-order valence-corrected chi connectivity index (χ1v) is 4.97. The van der Waals surface area contributed by atoms with E-state index in [4.69, 9.17) is 21.1 Å². The first kappa shape index (κ1) is 9.43. The van der Waals surface area contributed by atoms with Gasteiger partial charge in [-0.05, 0) is 0 Å². The van der Waals surface area contributed by atoms with Crippen LogP contribution >= 0.6 is 11.6 Å². The van der Waals surface area contributed by atoms with E-state index in [1.165, 1.54) is 0 Å². The molecule has 0 spiro atoms. The molecule has 0 saturated heterocycles. The summed E-state index contributed by atoms with van der Waals surface area (Å²) in [5.41, 5.74) is 0. The van der Waals surface area contributed by atoms with Gasteiger partial charge in [0.25, 0.3) is 0 Å². The summed E-state index contributed by atoms with van der Waals surface area (Å²) in [5, 5.41) is 0.245. The summed E-state index contributed by atoms with van der Waals surface area (Å²) in [5.74, 6) is -0.0162. The molecule has 0 saturated carbocycles. The van der Waals surface area contributed by atoms with Crippen LogP contribution in [0.25, 0.3) is 0 Å². The molecule has 2 nitrogen and oxygen atoms in total. The summed E-state index contributed by atoms with van der Waals surface area (Å²) in [4.78, 5) is 0. The molecule has 0 fully saturated rings. The van der Waals surface area contributed by atoms with Crippen molar-refractivity contribution in [2.24, 2.45) is 0 Å². The highest BCUT2D eigenvalue weighted by Crippen LogP contribution is 1.96. The normalized spacial score (nSPS) is 15.7. The predicted octanol–water partition coefficient (Wildman–Crippen LogP) is 0.316. The fourth-order valence-electron chi connectivity index (χ4n) is 0.554. The molecule has 9 heavy (non-hydrogen) atoms. The van der Waals surface area contributed by atoms with Crippen molar-refractivity contribution in [2.75, 3.05) is 14.2 Å². The van der Waals surface area contributed by atoms with Gasteiger partial charge in [-0.25, -0.2) is 0 Å². The molecule has 1 atom stereocenters. The van der Waals surface area contributed by atoms with Gasteiger partial charge in [0, 0.05) is 19.2 Å². The van der Waals surface area contributed by atoms with E-state index < -0.39 is 9.52 Å². The molecule has 0 heterocycles. The smallest absolute Gasteiger partial charge is 0.135 e. The van der Waals surface area contributed by atoms with E-state index in [0.717, 1.165) is 0 Å². The van der Waals surface area contributed by atoms with E-state index >= 15 is 0 Å². The first-order chi connectivity index (χ1) is 4.20.